The lowest BCUT2D eigenvalue weighted by Crippen LogP contribution is -2.52. The van der Waals surface area contributed by atoms with E-state index in [2.05, 4.69) is 7.05 Å². The number of carbonyl (C=O) groups is 2. The van der Waals surface area contributed by atoms with E-state index in [1.165, 1.54) is 6.42 Å². The molecule has 0 spiro atoms. The van der Waals surface area contributed by atoms with Crippen LogP contribution in [0, 0.1) is 14.9 Å². The summed E-state index contributed by atoms with van der Waals surface area (Å²) in [6, 6.07) is 11.8. The van der Waals surface area contributed by atoms with E-state index >= 15 is 0 Å². The van der Waals surface area contributed by atoms with Gasteiger partial charge in [0.05, 0.1) is 109 Å². The van der Waals surface area contributed by atoms with Crippen molar-refractivity contribution in [3.63, 3.8) is 0 Å². The first-order valence-electron chi connectivity index (χ1n) is 21.2. The van der Waals surface area contributed by atoms with E-state index in [-0.39, 0.29) is 52.4 Å². The third kappa shape index (κ3) is 13.0. The molecule has 2 aliphatic heterocycles. The first-order valence-corrected chi connectivity index (χ1v) is 21.6. The highest BCUT2D eigenvalue weighted by Crippen LogP contribution is 2.44. The summed E-state index contributed by atoms with van der Waals surface area (Å²) in [5.41, 5.74) is 5.65. The van der Waals surface area contributed by atoms with Crippen LogP contribution in [0.15, 0.2) is 47.5 Å². The third-order valence-corrected chi connectivity index (χ3v) is 12.7. The Bertz CT molecular complexity index is 1980. The van der Waals surface area contributed by atoms with Gasteiger partial charge < -0.3 is 71.9 Å². The van der Waals surface area contributed by atoms with Crippen LogP contribution in [0.3, 0.4) is 0 Å². The van der Waals surface area contributed by atoms with Gasteiger partial charge in [0.15, 0.2) is 23.0 Å². The number of nitrogens with zero attached hydrogens (tertiary/aromatic N) is 2. The maximum absolute atomic E-state index is 12.9. The lowest BCUT2D eigenvalue weighted by atomic mass is 9.84. The van der Waals surface area contributed by atoms with E-state index in [9.17, 15) is 19.8 Å². The number of carbonyl (C=O) groups excluding carboxylic acids is 2. The Morgan fingerprint density at radius 1 is 0.688 bits per heavy atom. The van der Waals surface area contributed by atoms with Crippen molar-refractivity contribution < 1.29 is 66.7 Å². The molecule has 64 heavy (non-hydrogen) atoms. The average molecular weight is 916 g/mol. The van der Waals surface area contributed by atoms with Gasteiger partial charge in [-0.15, -0.1) is 0 Å². The molecular formula is C49H71ClN2O12. The van der Waals surface area contributed by atoms with E-state index < -0.39 is 11.9 Å². The van der Waals surface area contributed by atoms with E-state index in [0.717, 1.165) is 84.8 Å². The number of likely N-dealkylation sites (N-methyl/N-ethyl adjacent to an activating group) is 1. The van der Waals surface area contributed by atoms with Gasteiger partial charge in [-0.2, -0.15) is 0 Å². The molecule has 0 unspecified atom stereocenters. The topological polar surface area (TPSA) is 148 Å². The van der Waals surface area contributed by atoms with Crippen molar-refractivity contribution in [1.29, 1.82) is 0 Å². The first-order chi connectivity index (χ1) is 29.9. The van der Waals surface area contributed by atoms with Gasteiger partial charge in [-0.3, -0.25) is 0 Å². The molecule has 0 radical (unpaired) electrons. The summed E-state index contributed by atoms with van der Waals surface area (Å²) in [5.74, 6) is 1.90. The van der Waals surface area contributed by atoms with Gasteiger partial charge in [0.25, 0.3) is 0 Å². The summed E-state index contributed by atoms with van der Waals surface area (Å²) < 4.78 is 46.1. The fourth-order valence-electron chi connectivity index (χ4n) is 9.22. The van der Waals surface area contributed by atoms with Gasteiger partial charge in [-0.25, -0.2) is 9.59 Å². The normalized spacial score (nSPS) is 17.7. The fraction of sp³-hybridized carbons (Fsp3) is 0.510. The van der Waals surface area contributed by atoms with Gasteiger partial charge in [-0.05, 0) is 71.8 Å². The molecule has 0 bridgehead atoms. The molecule has 1 saturated heterocycles. The number of aliphatic hydroxyl groups is 2. The van der Waals surface area contributed by atoms with Gasteiger partial charge in [-0.1, -0.05) is 17.7 Å². The summed E-state index contributed by atoms with van der Waals surface area (Å²) in [4.78, 5) is 25.7. The molecule has 15 heteroatoms. The molecule has 0 amide bonds. The van der Waals surface area contributed by atoms with Crippen LogP contribution < -0.4 is 28.4 Å². The molecular weight excluding hydrogens is 844 g/mol. The minimum atomic E-state index is -0.795. The Balaban J connectivity index is 0.00000544. The van der Waals surface area contributed by atoms with Crippen LogP contribution in [0.1, 0.15) is 71.5 Å². The number of rotatable bonds is 22. The molecule has 2 atom stereocenters. The van der Waals surface area contributed by atoms with Crippen LogP contribution in [0.4, 0.5) is 0 Å². The van der Waals surface area contributed by atoms with Crippen LogP contribution in [0.2, 0.25) is 0 Å². The molecule has 3 aromatic carbocycles. The first kappa shape index (κ1) is 53.6. The summed E-state index contributed by atoms with van der Waals surface area (Å²) >= 11 is 6.27. The molecule has 2 aliphatic rings. The van der Waals surface area contributed by atoms with Gasteiger partial charge >= 0.3 is 11.9 Å². The molecule has 356 valence electrons. The Hall–Kier alpha value is -4.73. The van der Waals surface area contributed by atoms with Crippen LogP contribution in [-0.2, 0) is 51.7 Å². The van der Waals surface area contributed by atoms with E-state index in [1.807, 2.05) is 36.4 Å². The summed E-state index contributed by atoms with van der Waals surface area (Å²) in [6.45, 7) is 4.96. The van der Waals surface area contributed by atoms with Crippen molar-refractivity contribution in [2.75, 3.05) is 95.6 Å². The quantitative estimate of drug-likeness (QED) is 0.0349. The standard InChI is InChI=1S/C47H65ClN2O12.2CH3/c1-49(18-13-34-26-35(30-51)36(31-52)27-37(34)39(49)21-32-22-40(55-2)45(59-6)41(23-32)56-3)14-11-20-62-47(54)38(48)28-44(53)61-19-12-17-50(15-9-8-10-16-50)29-33-24-42(57-4)46(60-7)43(25-33)58-5;;/h22-28,39,51-52H,8-21,29-31H2,1-7H3;2*1H3/q+2;2*-1/b38-28-;;/t39-,49-;;/m1../s1. The van der Waals surface area contributed by atoms with Gasteiger partial charge in [0.1, 0.15) is 17.6 Å². The van der Waals surface area contributed by atoms with Gasteiger partial charge in [0.2, 0.25) is 11.5 Å². The lowest BCUT2D eigenvalue weighted by Gasteiger charge is -2.46. The third-order valence-electron chi connectivity index (χ3n) is 12.5. The van der Waals surface area contributed by atoms with Crippen molar-refractivity contribution in [2.24, 2.45) is 0 Å². The number of esters is 2. The molecule has 1 fully saturated rings. The van der Waals surface area contributed by atoms with Gasteiger partial charge in [0, 0.05) is 42.9 Å². The van der Waals surface area contributed by atoms with Crippen molar-refractivity contribution >= 4 is 23.5 Å². The van der Waals surface area contributed by atoms with Crippen LogP contribution in [0.25, 0.3) is 0 Å². The molecule has 2 N–H and O–H groups in total. The average Bonchev–Trinajstić information content (AvgIpc) is 3.29. The number of halogens is 1. The number of hydrogen-bond donors (Lipinski definition) is 2. The van der Waals surface area contributed by atoms with E-state index in [1.54, 1.807) is 42.7 Å². The molecule has 0 aliphatic carbocycles. The van der Waals surface area contributed by atoms with Crippen LogP contribution in [0.5, 0.6) is 34.5 Å². The number of ether oxygens (including phenoxy) is 8. The fourth-order valence-corrected chi connectivity index (χ4v) is 9.36. The highest BCUT2D eigenvalue weighted by molar-refractivity contribution is 6.42. The Kier molecular flexibility index (Phi) is 21.0. The zero-order valence-corrected chi connectivity index (χ0v) is 40.1. The number of methoxy groups -OCH3 is 6. The number of benzene rings is 3. The Morgan fingerprint density at radius 2 is 1.20 bits per heavy atom. The maximum atomic E-state index is 12.9. The van der Waals surface area contributed by atoms with E-state index in [0.29, 0.717) is 75.9 Å². The zero-order valence-electron chi connectivity index (χ0n) is 39.4. The Morgan fingerprint density at radius 3 is 1.73 bits per heavy atom. The number of hydrogen-bond acceptors (Lipinski definition) is 12. The van der Waals surface area contributed by atoms with Crippen LogP contribution >= 0.6 is 11.6 Å². The summed E-state index contributed by atoms with van der Waals surface area (Å²) in [5, 5.41) is 19.9. The highest BCUT2D eigenvalue weighted by atomic mass is 35.5. The lowest BCUT2D eigenvalue weighted by molar-refractivity contribution is -0.945. The van der Waals surface area contributed by atoms with Crippen molar-refractivity contribution in [3.05, 3.63) is 95.7 Å². The largest absolute Gasteiger partial charge is 0.493 e. The number of piperidine rings is 1. The smallest absolute Gasteiger partial charge is 0.350 e. The predicted molar refractivity (Wildman–Crippen MR) is 247 cm³/mol. The number of fused-ring (bicyclic) bond motifs is 1. The number of quaternary nitrogens is 2. The van der Waals surface area contributed by atoms with E-state index in [4.69, 9.17) is 49.5 Å². The second kappa shape index (κ2) is 25.1. The maximum Gasteiger partial charge on any atom is 0.350 e. The second-order valence-corrected chi connectivity index (χ2v) is 16.7. The predicted octanol–water partition coefficient (Wildman–Crippen LogP) is 7.10. The summed E-state index contributed by atoms with van der Waals surface area (Å²) in [7, 11) is 11.7. The van der Waals surface area contributed by atoms with Crippen LogP contribution in [-0.4, -0.2) is 127 Å². The van der Waals surface area contributed by atoms with Crippen molar-refractivity contribution in [2.45, 2.75) is 70.7 Å². The van der Waals surface area contributed by atoms with Crippen molar-refractivity contribution in [3.8, 4) is 34.5 Å². The molecule has 0 aromatic heterocycles. The molecule has 14 nitrogen and oxygen atoms in total. The number of likely N-dealkylation sites (tertiary alicyclic amines) is 1. The highest BCUT2D eigenvalue weighted by Gasteiger charge is 2.40. The SMILES string of the molecule is COc1cc(C[C@@H]2c3cc(CO)c(CO)cc3CC[N@@+]2(C)CCCOC(=O)/C(Cl)=C/C(=O)OCCC[N+]2(Cc3cc(OC)c(OC)c(OC)c3)CCCCC2)cc(OC)c1OC.[CH3-].[CH3-]. The molecule has 3 aromatic rings. The Labute approximate surface area is 385 Å². The minimum absolute atomic E-state index is 0. The molecule has 5 rings (SSSR count). The van der Waals surface area contributed by atoms with Crippen molar-refractivity contribution in [1.82, 2.24) is 0 Å². The monoisotopic (exact) mass is 914 g/mol. The second-order valence-electron chi connectivity index (χ2n) is 16.3. The number of aliphatic hydroxyl groups excluding tert-OH is 2. The minimum Gasteiger partial charge on any atom is -0.493 e. The molecule has 2 heterocycles. The zero-order chi connectivity index (χ0) is 44.9. The summed E-state index contributed by atoms with van der Waals surface area (Å²) in [6.07, 6.45) is 6.93. The molecule has 0 saturated carbocycles.